The molecule has 370 valence electrons. The highest BCUT2D eigenvalue weighted by molar-refractivity contribution is 7.80. The van der Waals surface area contributed by atoms with Gasteiger partial charge in [0.1, 0.15) is 30.5 Å². The van der Waals surface area contributed by atoms with Crippen molar-refractivity contribution in [3.05, 3.63) is 0 Å². The van der Waals surface area contributed by atoms with Crippen LogP contribution in [0.4, 0.5) is 0 Å². The van der Waals surface area contributed by atoms with E-state index in [-0.39, 0.29) is 6.42 Å². The molecule has 0 spiro atoms. The Hall–Kier alpha value is -0.940. The first-order valence-corrected chi connectivity index (χ1v) is 26.9. The summed E-state index contributed by atoms with van der Waals surface area (Å²) in [7, 11) is -5.11. The number of carbonyl (C=O) groups excluding carboxylic acids is 1. The van der Waals surface area contributed by atoms with Crippen LogP contribution in [-0.2, 0) is 28.9 Å². The number of rotatable bonds is 44. The van der Waals surface area contributed by atoms with Gasteiger partial charge in [0.15, 0.2) is 6.29 Å². The minimum atomic E-state index is -5.11. The number of hydrogen-bond donors (Lipinski definition) is 7. The van der Waals surface area contributed by atoms with Crippen molar-refractivity contribution >= 4 is 16.3 Å². The molecule has 0 aromatic rings. The molecular formula is C48H95NO12S. The number of aliphatic hydroxyl groups excluding tert-OH is 5. The van der Waals surface area contributed by atoms with Gasteiger partial charge in [-0.1, -0.05) is 226 Å². The highest BCUT2D eigenvalue weighted by Crippen LogP contribution is 2.26. The van der Waals surface area contributed by atoms with Crippen LogP contribution in [0.5, 0.6) is 0 Å². The summed E-state index contributed by atoms with van der Waals surface area (Å²) >= 11 is 0. The zero-order valence-electron chi connectivity index (χ0n) is 39.3. The number of unbranched alkanes of at least 4 members (excludes halogenated alkanes) is 31. The molecule has 0 aromatic carbocycles. The van der Waals surface area contributed by atoms with Crippen molar-refractivity contribution in [3.8, 4) is 0 Å². The van der Waals surface area contributed by atoms with E-state index in [9.17, 15) is 43.3 Å². The van der Waals surface area contributed by atoms with Crippen molar-refractivity contribution in [2.45, 2.75) is 288 Å². The summed E-state index contributed by atoms with van der Waals surface area (Å²) < 4.78 is 47.7. The molecule has 7 N–H and O–H groups in total. The molecule has 1 aliphatic rings. The number of ether oxygens (including phenoxy) is 2. The number of aliphatic hydroxyl groups is 5. The minimum Gasteiger partial charge on any atom is -0.394 e. The summed E-state index contributed by atoms with van der Waals surface area (Å²) in [5.74, 6) is -0.665. The second kappa shape index (κ2) is 39.2. The quantitative estimate of drug-likeness (QED) is 0.0225. The predicted octanol–water partition coefficient (Wildman–Crippen LogP) is 9.53. The van der Waals surface area contributed by atoms with Gasteiger partial charge in [0.05, 0.1) is 25.4 Å². The van der Waals surface area contributed by atoms with Crippen LogP contribution >= 0.6 is 0 Å². The van der Waals surface area contributed by atoms with Crippen molar-refractivity contribution in [3.63, 3.8) is 0 Å². The van der Waals surface area contributed by atoms with Crippen molar-refractivity contribution in [1.82, 2.24) is 5.32 Å². The van der Waals surface area contributed by atoms with Crippen LogP contribution in [0.15, 0.2) is 0 Å². The maximum Gasteiger partial charge on any atom is 0.397 e. The molecule has 14 heteroatoms. The normalized spacial score (nSPS) is 20.9. The molecule has 1 saturated heterocycles. The zero-order chi connectivity index (χ0) is 45.7. The Morgan fingerprint density at radius 1 is 0.581 bits per heavy atom. The van der Waals surface area contributed by atoms with E-state index in [2.05, 4.69) is 23.3 Å². The van der Waals surface area contributed by atoms with Gasteiger partial charge in [-0.3, -0.25) is 9.35 Å². The van der Waals surface area contributed by atoms with Crippen LogP contribution < -0.4 is 5.32 Å². The highest BCUT2D eigenvalue weighted by atomic mass is 32.3. The van der Waals surface area contributed by atoms with Gasteiger partial charge in [-0.15, -0.1) is 0 Å². The Morgan fingerprint density at radius 3 is 1.29 bits per heavy atom. The summed E-state index contributed by atoms with van der Waals surface area (Å²) in [6, 6.07) is -1.03. The van der Waals surface area contributed by atoms with Crippen LogP contribution in [-0.4, -0.2) is 107 Å². The predicted molar refractivity (Wildman–Crippen MR) is 247 cm³/mol. The van der Waals surface area contributed by atoms with Crippen LogP contribution in [0.25, 0.3) is 0 Å². The Labute approximate surface area is 378 Å². The molecule has 8 atom stereocenters. The van der Waals surface area contributed by atoms with Crippen LogP contribution in [0.3, 0.4) is 0 Å². The molecule has 1 fully saturated rings. The molecule has 0 aliphatic carbocycles. The fourth-order valence-electron chi connectivity index (χ4n) is 8.47. The van der Waals surface area contributed by atoms with Crippen molar-refractivity contribution in [2.75, 3.05) is 13.2 Å². The average molecular weight is 910 g/mol. The van der Waals surface area contributed by atoms with E-state index < -0.39 is 78.5 Å². The van der Waals surface area contributed by atoms with Gasteiger partial charge in [0.25, 0.3) is 0 Å². The van der Waals surface area contributed by atoms with Crippen LogP contribution in [0.2, 0.25) is 0 Å². The van der Waals surface area contributed by atoms with Crippen molar-refractivity contribution < 1.29 is 57.0 Å². The van der Waals surface area contributed by atoms with Crippen LogP contribution in [0.1, 0.15) is 239 Å². The topological polar surface area (TPSA) is 212 Å². The van der Waals surface area contributed by atoms with Gasteiger partial charge in [0.2, 0.25) is 5.91 Å². The van der Waals surface area contributed by atoms with Crippen LogP contribution in [0, 0.1) is 0 Å². The lowest BCUT2D eigenvalue weighted by Crippen LogP contribution is -2.61. The summed E-state index contributed by atoms with van der Waals surface area (Å²) in [4.78, 5) is 13.1. The Balaban J connectivity index is 2.48. The summed E-state index contributed by atoms with van der Waals surface area (Å²) in [5.41, 5.74) is 0. The third kappa shape index (κ3) is 31.1. The molecule has 1 aliphatic heterocycles. The van der Waals surface area contributed by atoms with Gasteiger partial charge in [-0.05, 0) is 12.8 Å². The van der Waals surface area contributed by atoms with Gasteiger partial charge >= 0.3 is 10.4 Å². The summed E-state index contributed by atoms with van der Waals surface area (Å²) in [6.45, 7) is 3.30. The Kier molecular flexibility index (Phi) is 37.4. The second-order valence-electron chi connectivity index (χ2n) is 18.3. The molecule has 0 saturated carbocycles. The fraction of sp³-hybridized carbons (Fsp3) is 0.979. The van der Waals surface area contributed by atoms with E-state index in [4.69, 9.17) is 9.47 Å². The highest BCUT2D eigenvalue weighted by Gasteiger charge is 2.48. The van der Waals surface area contributed by atoms with E-state index in [1.165, 1.54) is 161 Å². The van der Waals surface area contributed by atoms with Gasteiger partial charge in [-0.25, -0.2) is 4.18 Å². The largest absolute Gasteiger partial charge is 0.397 e. The second-order valence-corrected chi connectivity index (χ2v) is 19.3. The van der Waals surface area contributed by atoms with E-state index >= 15 is 0 Å². The lowest BCUT2D eigenvalue weighted by atomic mass is 9.99. The summed E-state index contributed by atoms with van der Waals surface area (Å²) in [5, 5.41) is 55.5. The lowest BCUT2D eigenvalue weighted by Gasteiger charge is -2.41. The summed E-state index contributed by atoms with van der Waals surface area (Å²) in [6.07, 6.45) is 30.0. The maximum atomic E-state index is 13.1. The number of carbonyl (C=O) groups is 1. The molecule has 0 radical (unpaired) electrons. The minimum absolute atomic E-state index is 0.266. The van der Waals surface area contributed by atoms with Crippen molar-refractivity contribution in [1.29, 1.82) is 0 Å². The first-order valence-electron chi connectivity index (χ1n) is 25.5. The molecule has 8 unspecified atom stereocenters. The van der Waals surface area contributed by atoms with Gasteiger partial charge in [0, 0.05) is 0 Å². The number of amides is 1. The number of nitrogens with one attached hydrogen (secondary N) is 1. The molecule has 1 heterocycles. The zero-order valence-corrected chi connectivity index (χ0v) is 40.1. The number of hydrogen-bond acceptors (Lipinski definition) is 11. The standard InChI is InChI=1S/C48H95NO12S/c1-3-5-7-9-11-13-15-17-18-19-20-21-22-23-25-26-28-30-32-34-36-41(51)40(39-59-48-45(54)46(61-62(56,57)58)44(53)43(38-50)60-48)49-47(55)42(52)37-35-33-31-29-27-24-16-14-12-10-8-6-4-2/h40-46,48,50-54H,3-39H2,1-2H3,(H,49,55)(H,56,57,58). The third-order valence-corrected chi connectivity index (χ3v) is 13.0. The van der Waals surface area contributed by atoms with Gasteiger partial charge < -0.3 is 40.3 Å². The third-order valence-electron chi connectivity index (χ3n) is 12.5. The molecule has 1 amide bonds. The van der Waals surface area contributed by atoms with E-state index in [1.54, 1.807) is 0 Å². The van der Waals surface area contributed by atoms with E-state index in [0.717, 1.165) is 38.5 Å². The van der Waals surface area contributed by atoms with E-state index in [0.29, 0.717) is 19.3 Å². The Bertz CT molecular complexity index is 1130. The smallest absolute Gasteiger partial charge is 0.394 e. The lowest BCUT2D eigenvalue weighted by molar-refractivity contribution is -0.298. The molecule has 13 nitrogen and oxygen atoms in total. The molecule has 1 rings (SSSR count). The monoisotopic (exact) mass is 910 g/mol. The molecule has 0 aromatic heterocycles. The molecule has 0 bridgehead atoms. The van der Waals surface area contributed by atoms with E-state index in [1.807, 2.05) is 0 Å². The molecular weight excluding hydrogens is 815 g/mol. The first-order chi connectivity index (χ1) is 29.9. The van der Waals surface area contributed by atoms with Gasteiger partial charge in [-0.2, -0.15) is 8.42 Å². The fourth-order valence-corrected chi connectivity index (χ4v) is 8.98. The first kappa shape index (κ1) is 59.1. The SMILES string of the molecule is CCCCCCCCCCCCCCCCCCCCCCC(O)C(COC1OC(CO)C(O)C(OS(=O)(=O)O)C1O)NC(=O)C(O)CCCCCCCCCCCCCCC. The van der Waals surface area contributed by atoms with Crippen molar-refractivity contribution in [2.24, 2.45) is 0 Å². The maximum absolute atomic E-state index is 13.1. The average Bonchev–Trinajstić information content (AvgIpc) is 3.24. The molecule has 62 heavy (non-hydrogen) atoms. The Morgan fingerprint density at radius 2 is 0.935 bits per heavy atom.